The second kappa shape index (κ2) is 10.4. The van der Waals surface area contributed by atoms with Crippen LogP contribution in [0.5, 0.6) is 5.75 Å². The summed E-state index contributed by atoms with van der Waals surface area (Å²) >= 11 is -0.127. The SMILES string of the molecule is [B][I-]CCCCOc1ccc2c(c1)N(C)[C@H](C(C)C)C(=O)N[C@@H](CO)C2. The monoisotopic (exact) mass is 471 g/mol. The number of carbonyl (C=O) groups excluding carboxylic acids is 1. The van der Waals surface area contributed by atoms with Crippen LogP contribution in [0.15, 0.2) is 18.2 Å². The minimum atomic E-state index is -0.285. The van der Waals surface area contributed by atoms with Gasteiger partial charge in [0.25, 0.3) is 0 Å². The van der Waals surface area contributed by atoms with Crippen LogP contribution in [-0.2, 0) is 11.2 Å². The second-order valence-electron chi connectivity index (χ2n) is 7.08. The Balaban J connectivity index is 2.22. The number of likely N-dealkylation sites (N-methyl/N-ethyl adjacent to an activating group) is 1. The fraction of sp³-hybridized carbons (Fsp3) is 0.632. The van der Waals surface area contributed by atoms with E-state index in [1.807, 2.05) is 44.0 Å². The third-order valence-electron chi connectivity index (χ3n) is 4.69. The van der Waals surface area contributed by atoms with E-state index in [-0.39, 0.29) is 51.5 Å². The molecule has 144 valence electrons. The van der Waals surface area contributed by atoms with Crippen LogP contribution in [0.4, 0.5) is 5.69 Å². The number of fused-ring (bicyclic) bond motifs is 1. The Bertz CT molecular complexity index is 600. The summed E-state index contributed by atoms with van der Waals surface area (Å²) in [5.41, 5.74) is 7.74. The fourth-order valence-corrected chi connectivity index (χ4v) is 4.37. The fourth-order valence-electron chi connectivity index (χ4n) is 3.39. The Morgan fingerprint density at radius 3 is 2.85 bits per heavy atom. The number of nitrogens with zero attached hydrogens (tertiary/aromatic N) is 1. The maximum atomic E-state index is 12.7. The number of carbonyl (C=O) groups is 1. The number of rotatable bonds is 8. The third kappa shape index (κ3) is 5.52. The number of halogens is 1. The summed E-state index contributed by atoms with van der Waals surface area (Å²) in [6.45, 7) is 4.69. The number of ether oxygens (including phenoxy) is 1. The van der Waals surface area contributed by atoms with Crippen LogP contribution in [0.3, 0.4) is 0 Å². The van der Waals surface area contributed by atoms with E-state index in [9.17, 15) is 9.90 Å². The van der Waals surface area contributed by atoms with Crippen LogP contribution in [-0.4, -0.2) is 53.5 Å². The predicted molar refractivity (Wildman–Crippen MR) is 102 cm³/mol. The zero-order chi connectivity index (χ0) is 19.1. The average Bonchev–Trinajstić information content (AvgIpc) is 2.60. The van der Waals surface area contributed by atoms with E-state index in [1.165, 1.54) is 0 Å². The number of hydrogen-bond donors (Lipinski definition) is 2. The number of alkyl halides is 1. The molecule has 2 N–H and O–H groups in total. The maximum absolute atomic E-state index is 12.7. The number of aliphatic hydroxyl groups excluding tert-OH is 1. The second-order valence-corrected chi connectivity index (χ2v) is 9.04. The van der Waals surface area contributed by atoms with Crippen molar-refractivity contribution in [1.82, 2.24) is 5.32 Å². The molecule has 2 rings (SSSR count). The van der Waals surface area contributed by atoms with Gasteiger partial charge in [0.15, 0.2) is 0 Å². The molecule has 0 spiro atoms. The van der Waals surface area contributed by atoms with Gasteiger partial charge in [-0.25, -0.2) is 0 Å². The van der Waals surface area contributed by atoms with E-state index >= 15 is 0 Å². The number of aliphatic hydroxyl groups is 1. The number of anilines is 1. The molecule has 0 bridgehead atoms. The normalized spacial score (nSPS) is 20.5. The van der Waals surface area contributed by atoms with E-state index in [4.69, 9.17) is 10.4 Å². The van der Waals surface area contributed by atoms with Gasteiger partial charge in [0.1, 0.15) is 0 Å². The van der Waals surface area contributed by atoms with E-state index in [0.717, 1.165) is 34.3 Å². The summed E-state index contributed by atoms with van der Waals surface area (Å²) in [6, 6.07) is 5.50. The van der Waals surface area contributed by atoms with Crippen molar-refractivity contribution in [1.29, 1.82) is 0 Å². The van der Waals surface area contributed by atoms with Gasteiger partial charge in [-0.3, -0.25) is 0 Å². The summed E-state index contributed by atoms with van der Waals surface area (Å²) in [6.07, 6.45) is 2.73. The van der Waals surface area contributed by atoms with Crippen LogP contribution in [0.1, 0.15) is 32.3 Å². The summed E-state index contributed by atoms with van der Waals surface area (Å²) < 4.78 is 7.04. The van der Waals surface area contributed by atoms with Crippen molar-refractivity contribution in [2.75, 3.05) is 29.6 Å². The Labute approximate surface area is 168 Å². The van der Waals surface area contributed by atoms with Crippen LogP contribution >= 0.6 is 0 Å². The van der Waals surface area contributed by atoms with Gasteiger partial charge in [-0.2, -0.15) is 0 Å². The Hall–Kier alpha value is -0.955. The van der Waals surface area contributed by atoms with E-state index < -0.39 is 0 Å². The van der Waals surface area contributed by atoms with Crippen LogP contribution in [0.25, 0.3) is 0 Å². The molecule has 0 saturated carbocycles. The van der Waals surface area contributed by atoms with Crippen LogP contribution in [0, 0.1) is 5.92 Å². The molecule has 26 heavy (non-hydrogen) atoms. The van der Waals surface area contributed by atoms with Gasteiger partial charge in [0.2, 0.25) is 0 Å². The first-order valence-electron chi connectivity index (χ1n) is 9.15. The molecule has 2 atom stereocenters. The number of nitrogens with one attached hydrogen (secondary N) is 1. The number of unbranched alkanes of at least 4 members (excludes halogenated alkanes) is 1. The van der Waals surface area contributed by atoms with Crippen molar-refractivity contribution in [2.24, 2.45) is 5.92 Å². The zero-order valence-electron chi connectivity index (χ0n) is 15.9. The Morgan fingerprint density at radius 1 is 1.42 bits per heavy atom. The summed E-state index contributed by atoms with van der Waals surface area (Å²) in [5, 5.41) is 12.6. The first kappa shape index (κ1) is 21.3. The number of hydrogen-bond acceptors (Lipinski definition) is 4. The third-order valence-corrected chi connectivity index (χ3v) is 6.08. The molecule has 0 unspecified atom stereocenters. The molecule has 1 aliphatic heterocycles. The molecule has 1 heterocycles. The molecule has 5 nitrogen and oxygen atoms in total. The van der Waals surface area contributed by atoms with E-state index in [2.05, 4.69) is 5.32 Å². The van der Waals surface area contributed by atoms with Crippen molar-refractivity contribution < 1.29 is 35.6 Å². The molecule has 1 aromatic carbocycles. The van der Waals surface area contributed by atoms with Crippen molar-refractivity contribution in [3.8, 4) is 5.75 Å². The summed E-state index contributed by atoms with van der Waals surface area (Å²) in [4.78, 5) is 14.7. The predicted octanol–water partition coefficient (Wildman–Crippen LogP) is -1.49. The molecule has 0 saturated heterocycles. The molecular formula is C19H29BIN2O3-. The zero-order valence-corrected chi connectivity index (χ0v) is 18.0. The number of amides is 1. The molecule has 0 aliphatic carbocycles. The van der Waals surface area contributed by atoms with Gasteiger partial charge in [0.05, 0.1) is 0 Å². The first-order chi connectivity index (χ1) is 12.5. The van der Waals surface area contributed by atoms with Crippen molar-refractivity contribution in [3.05, 3.63) is 23.8 Å². The minimum absolute atomic E-state index is 0.0383. The van der Waals surface area contributed by atoms with Crippen molar-refractivity contribution >= 4 is 17.3 Å². The van der Waals surface area contributed by atoms with Gasteiger partial charge in [0, 0.05) is 0 Å². The molecule has 0 aromatic heterocycles. The van der Waals surface area contributed by atoms with Gasteiger partial charge in [-0.1, -0.05) is 0 Å². The van der Waals surface area contributed by atoms with E-state index in [0.29, 0.717) is 13.0 Å². The van der Waals surface area contributed by atoms with Crippen LogP contribution in [0.2, 0.25) is 0 Å². The molecule has 1 aromatic rings. The standard InChI is InChI=1S/C19H29BIN2O3/c1-13(2)18-19(25)22-15(12-24)10-14-6-7-16(11-17(14)23(18)3)26-9-5-4-8-21-20/h6-7,11,13,15,18,24H,4-5,8-10,12H2,1-3H3,(H,22,25)/q-1/t15-,18-/m1/s1. The number of benzene rings is 1. The van der Waals surface area contributed by atoms with Gasteiger partial charge < -0.3 is 5.11 Å². The summed E-state index contributed by atoms with van der Waals surface area (Å²) in [7, 11) is 1.96. The molecule has 7 heteroatoms. The van der Waals surface area contributed by atoms with E-state index in [1.54, 1.807) is 0 Å². The Kier molecular flexibility index (Phi) is 8.54. The summed E-state index contributed by atoms with van der Waals surface area (Å²) in [5.74, 6) is 0.931. The van der Waals surface area contributed by atoms with Gasteiger partial charge >= 0.3 is 163 Å². The van der Waals surface area contributed by atoms with Crippen LogP contribution < -0.4 is 35.9 Å². The molecular weight excluding hydrogens is 442 g/mol. The van der Waals surface area contributed by atoms with Gasteiger partial charge in [-0.15, -0.1) is 0 Å². The Morgan fingerprint density at radius 2 is 2.19 bits per heavy atom. The topological polar surface area (TPSA) is 61.8 Å². The molecule has 1 aliphatic rings. The average molecular weight is 471 g/mol. The van der Waals surface area contributed by atoms with Gasteiger partial charge in [-0.05, 0) is 0 Å². The molecule has 2 radical (unpaired) electrons. The molecule has 1 amide bonds. The van der Waals surface area contributed by atoms with Crippen molar-refractivity contribution in [3.63, 3.8) is 0 Å². The van der Waals surface area contributed by atoms with Crippen molar-refractivity contribution in [2.45, 2.75) is 45.2 Å². The molecule has 0 fully saturated rings. The first-order valence-corrected chi connectivity index (χ1v) is 11.9. The quantitative estimate of drug-likeness (QED) is 0.210.